The zero-order valence-electron chi connectivity index (χ0n) is 11.3. The number of rotatable bonds is 1. The lowest BCUT2D eigenvalue weighted by molar-refractivity contribution is 0.260. The Hall–Kier alpha value is -1.12. The van der Waals surface area contributed by atoms with Gasteiger partial charge in [0.1, 0.15) is 5.30 Å². The normalized spacial score (nSPS) is 21.6. The summed E-state index contributed by atoms with van der Waals surface area (Å²) < 4.78 is 11.4. The molecule has 1 aromatic carbocycles. The standard InChI is InChI=1S/C14H18NO2PS/c1-14(2,3)15-9-11-16-18(19,17-12-10-15)13-7-5-4-6-8-13/h4-12H,1-3H3/b11-9-,12-10-. The van der Waals surface area contributed by atoms with Gasteiger partial charge in [-0.25, -0.2) is 0 Å². The SMILES string of the molecule is CC(C)(C)N1/C=C\O[P+]([S-])(c2ccccc2)O/C=C\1. The van der Waals surface area contributed by atoms with Gasteiger partial charge in [-0.2, -0.15) is 0 Å². The number of hydrogen-bond acceptors (Lipinski definition) is 4. The number of hydrogen-bond donors (Lipinski definition) is 0. The monoisotopic (exact) mass is 295 g/mol. The Morgan fingerprint density at radius 1 is 1.00 bits per heavy atom. The lowest BCUT2D eigenvalue weighted by atomic mass is 10.1. The van der Waals surface area contributed by atoms with E-state index in [1.54, 1.807) is 12.5 Å². The van der Waals surface area contributed by atoms with Crippen LogP contribution < -0.4 is 5.30 Å². The van der Waals surface area contributed by atoms with Gasteiger partial charge < -0.3 is 26.2 Å². The highest BCUT2D eigenvalue weighted by molar-refractivity contribution is 8.41. The van der Waals surface area contributed by atoms with Crippen LogP contribution >= 0.6 is 6.92 Å². The van der Waals surface area contributed by atoms with Crippen molar-refractivity contribution in [3.8, 4) is 0 Å². The molecular weight excluding hydrogens is 277 g/mol. The van der Waals surface area contributed by atoms with E-state index < -0.39 is 6.92 Å². The summed E-state index contributed by atoms with van der Waals surface area (Å²) in [6.45, 7) is 3.84. The molecule has 2 rings (SSSR count). The summed E-state index contributed by atoms with van der Waals surface area (Å²) in [7, 11) is 0. The van der Waals surface area contributed by atoms with E-state index in [-0.39, 0.29) is 5.54 Å². The van der Waals surface area contributed by atoms with Crippen LogP contribution in [0.4, 0.5) is 0 Å². The smallest absolute Gasteiger partial charge is 0.281 e. The molecule has 0 atom stereocenters. The Bertz CT molecular complexity index is 466. The van der Waals surface area contributed by atoms with Crippen LogP contribution in [0.15, 0.2) is 55.3 Å². The van der Waals surface area contributed by atoms with E-state index in [1.165, 1.54) is 0 Å². The van der Waals surface area contributed by atoms with E-state index in [0.717, 1.165) is 5.30 Å². The maximum atomic E-state index is 5.71. The Morgan fingerprint density at radius 3 is 2.00 bits per heavy atom. The van der Waals surface area contributed by atoms with Gasteiger partial charge in [-0.1, -0.05) is 18.2 Å². The molecule has 0 bridgehead atoms. The molecule has 0 fully saturated rings. The fourth-order valence-electron chi connectivity index (χ4n) is 1.60. The summed E-state index contributed by atoms with van der Waals surface area (Å²) in [4.78, 5) is 2.01. The zero-order valence-corrected chi connectivity index (χ0v) is 13.0. The predicted octanol–water partition coefficient (Wildman–Crippen LogP) is 3.71. The van der Waals surface area contributed by atoms with Gasteiger partial charge in [-0.05, 0) is 32.9 Å². The Balaban J connectivity index is 2.21. The molecule has 0 N–H and O–H groups in total. The molecular formula is C14H18NO2PS. The average molecular weight is 295 g/mol. The Labute approximate surface area is 120 Å². The Kier molecular flexibility index (Phi) is 4.12. The van der Waals surface area contributed by atoms with E-state index >= 15 is 0 Å². The van der Waals surface area contributed by atoms with Crippen LogP contribution in [0, 0.1) is 0 Å². The quantitative estimate of drug-likeness (QED) is 0.581. The van der Waals surface area contributed by atoms with Crippen molar-refractivity contribution in [2.75, 3.05) is 0 Å². The molecule has 5 heteroatoms. The second-order valence-electron chi connectivity index (χ2n) is 5.19. The molecule has 1 aliphatic heterocycles. The van der Waals surface area contributed by atoms with Crippen molar-refractivity contribution in [3.05, 3.63) is 55.3 Å². The first-order valence-corrected chi connectivity index (χ1v) is 8.70. The Morgan fingerprint density at radius 2 is 1.53 bits per heavy atom. The molecule has 3 nitrogen and oxygen atoms in total. The fraction of sp³-hybridized carbons (Fsp3) is 0.286. The molecule has 102 valence electrons. The second kappa shape index (κ2) is 5.48. The molecule has 1 aliphatic rings. The molecule has 1 aromatic rings. The van der Waals surface area contributed by atoms with Gasteiger partial charge in [0, 0.05) is 17.9 Å². The molecule has 0 amide bonds. The first-order valence-electron chi connectivity index (χ1n) is 6.06. The topological polar surface area (TPSA) is 21.7 Å². The minimum absolute atomic E-state index is 0.0354. The molecule has 19 heavy (non-hydrogen) atoms. The largest absolute Gasteiger partial charge is 0.467 e. The van der Waals surface area contributed by atoms with E-state index in [0.29, 0.717) is 0 Å². The van der Waals surface area contributed by atoms with E-state index in [4.69, 9.17) is 21.3 Å². The van der Waals surface area contributed by atoms with Crippen molar-refractivity contribution in [2.45, 2.75) is 26.3 Å². The molecule has 1 heterocycles. The van der Waals surface area contributed by atoms with Crippen molar-refractivity contribution in [2.24, 2.45) is 0 Å². The van der Waals surface area contributed by atoms with Gasteiger partial charge in [0.25, 0.3) is 6.92 Å². The highest BCUT2D eigenvalue weighted by Gasteiger charge is 2.31. The lowest BCUT2D eigenvalue weighted by Crippen LogP contribution is -2.33. The highest BCUT2D eigenvalue weighted by Crippen LogP contribution is 2.58. The average Bonchev–Trinajstić information content (AvgIpc) is 2.33. The summed E-state index contributed by atoms with van der Waals surface area (Å²) in [5.74, 6) is 0. The number of nitrogens with zero attached hydrogens (tertiary/aromatic N) is 1. The molecule has 0 radical (unpaired) electrons. The molecule has 0 unspecified atom stereocenters. The van der Waals surface area contributed by atoms with E-state index in [9.17, 15) is 0 Å². The van der Waals surface area contributed by atoms with Crippen molar-refractivity contribution < 1.29 is 9.05 Å². The van der Waals surface area contributed by atoms with Crippen molar-refractivity contribution in [1.29, 1.82) is 0 Å². The molecule has 0 saturated heterocycles. The van der Waals surface area contributed by atoms with Crippen LogP contribution in [-0.4, -0.2) is 10.4 Å². The van der Waals surface area contributed by atoms with E-state index in [2.05, 4.69) is 20.8 Å². The first kappa shape index (κ1) is 14.3. The molecule has 0 saturated carbocycles. The number of benzene rings is 1. The van der Waals surface area contributed by atoms with Crippen LogP contribution in [0.2, 0.25) is 0 Å². The summed E-state index contributed by atoms with van der Waals surface area (Å²) in [5, 5.41) is 0.906. The summed E-state index contributed by atoms with van der Waals surface area (Å²) >= 11 is 5.54. The van der Waals surface area contributed by atoms with Gasteiger partial charge >= 0.3 is 0 Å². The van der Waals surface area contributed by atoms with Gasteiger partial charge in [-0.3, -0.25) is 0 Å². The molecule has 0 aliphatic carbocycles. The third-order valence-electron chi connectivity index (χ3n) is 2.69. The van der Waals surface area contributed by atoms with Crippen LogP contribution in [-0.2, 0) is 21.3 Å². The maximum Gasteiger partial charge on any atom is 0.281 e. The van der Waals surface area contributed by atoms with Crippen molar-refractivity contribution >= 4 is 24.5 Å². The molecule has 0 aromatic heterocycles. The van der Waals surface area contributed by atoms with Gasteiger partial charge in [0.05, 0.1) is 0 Å². The van der Waals surface area contributed by atoms with E-state index in [1.807, 2.05) is 47.6 Å². The second-order valence-corrected chi connectivity index (χ2v) is 8.57. The highest BCUT2D eigenvalue weighted by atomic mass is 32.7. The fourth-order valence-corrected chi connectivity index (χ4v) is 3.52. The summed E-state index contributed by atoms with van der Waals surface area (Å²) in [5.41, 5.74) is -0.0354. The lowest BCUT2D eigenvalue weighted by Gasteiger charge is -2.33. The summed E-state index contributed by atoms with van der Waals surface area (Å²) in [6, 6.07) is 9.69. The molecule has 0 spiro atoms. The third kappa shape index (κ3) is 3.46. The van der Waals surface area contributed by atoms with Crippen LogP contribution in [0.5, 0.6) is 0 Å². The van der Waals surface area contributed by atoms with Gasteiger partial charge in [0.2, 0.25) is 0 Å². The third-order valence-corrected chi connectivity index (χ3v) is 5.57. The summed E-state index contributed by atoms with van der Waals surface area (Å²) in [6.07, 6.45) is 7.01. The first-order chi connectivity index (χ1) is 8.92. The van der Waals surface area contributed by atoms with Gasteiger partial charge in [-0.15, -0.1) is 0 Å². The van der Waals surface area contributed by atoms with Gasteiger partial charge in [0.15, 0.2) is 12.5 Å². The van der Waals surface area contributed by atoms with Crippen molar-refractivity contribution in [1.82, 2.24) is 4.90 Å². The minimum Gasteiger partial charge on any atom is -0.467 e. The van der Waals surface area contributed by atoms with Crippen LogP contribution in [0.3, 0.4) is 0 Å². The predicted molar refractivity (Wildman–Crippen MR) is 82.4 cm³/mol. The zero-order chi connectivity index (χ0) is 13.9. The van der Waals surface area contributed by atoms with Crippen LogP contribution in [0.25, 0.3) is 0 Å². The minimum atomic E-state index is -2.48. The maximum absolute atomic E-state index is 5.71. The van der Waals surface area contributed by atoms with Crippen molar-refractivity contribution in [3.63, 3.8) is 0 Å². The van der Waals surface area contributed by atoms with Crippen LogP contribution in [0.1, 0.15) is 20.8 Å².